The normalized spacial score (nSPS) is 12.2. The second kappa shape index (κ2) is 6.17. The minimum absolute atomic E-state index is 0.0733. The molecule has 21 heavy (non-hydrogen) atoms. The zero-order valence-corrected chi connectivity index (χ0v) is 12.3. The molecule has 4 nitrogen and oxygen atoms in total. The molecule has 0 saturated carbocycles. The molecule has 0 amide bonds. The van der Waals surface area contributed by atoms with Gasteiger partial charge in [0.15, 0.2) is 5.13 Å². The van der Waals surface area contributed by atoms with Gasteiger partial charge in [-0.15, -0.1) is 11.3 Å². The van der Waals surface area contributed by atoms with Gasteiger partial charge < -0.3 is 10.4 Å². The van der Waals surface area contributed by atoms with Gasteiger partial charge in [-0.2, -0.15) is 0 Å². The maximum Gasteiger partial charge on any atom is 0.303 e. The molecule has 1 aromatic heterocycles. The Labute approximate surface area is 124 Å². The number of carboxylic acid groups (broad SMARTS) is 1. The second-order valence-corrected chi connectivity index (χ2v) is 5.67. The summed E-state index contributed by atoms with van der Waals surface area (Å²) in [5.41, 5.74) is 0.717. The Kier molecular flexibility index (Phi) is 4.52. The first-order chi connectivity index (χ1) is 9.90. The van der Waals surface area contributed by atoms with E-state index >= 15 is 0 Å². The molecule has 1 unspecified atom stereocenters. The highest BCUT2D eigenvalue weighted by Crippen LogP contribution is 2.37. The Balaban J connectivity index is 2.51. The summed E-state index contributed by atoms with van der Waals surface area (Å²) in [5.74, 6) is -2.62. The highest BCUT2D eigenvalue weighted by Gasteiger charge is 2.21. The van der Waals surface area contributed by atoms with E-state index < -0.39 is 17.6 Å². The number of nitrogens with one attached hydrogen (secondary N) is 1. The molecule has 7 heteroatoms. The van der Waals surface area contributed by atoms with Crippen LogP contribution in [0.2, 0.25) is 0 Å². The number of rotatable bonds is 5. The topological polar surface area (TPSA) is 62.2 Å². The molecule has 0 aliphatic heterocycles. The van der Waals surface area contributed by atoms with Crippen LogP contribution < -0.4 is 5.32 Å². The van der Waals surface area contributed by atoms with Crippen LogP contribution in [0.1, 0.15) is 24.1 Å². The van der Waals surface area contributed by atoms with E-state index in [1.165, 1.54) is 23.5 Å². The van der Waals surface area contributed by atoms with Crippen molar-refractivity contribution in [3.63, 3.8) is 0 Å². The zero-order chi connectivity index (χ0) is 15.6. The molecule has 0 aliphatic rings. The predicted molar refractivity (Wildman–Crippen MR) is 77.7 cm³/mol. The van der Waals surface area contributed by atoms with E-state index in [0.717, 1.165) is 6.07 Å². The molecular weight excluding hydrogens is 298 g/mol. The van der Waals surface area contributed by atoms with Gasteiger partial charge in [0, 0.05) is 29.5 Å². The van der Waals surface area contributed by atoms with Crippen molar-refractivity contribution >= 4 is 22.4 Å². The van der Waals surface area contributed by atoms with Crippen molar-refractivity contribution in [1.82, 2.24) is 4.98 Å². The van der Waals surface area contributed by atoms with Crippen LogP contribution in [0.25, 0.3) is 11.3 Å². The van der Waals surface area contributed by atoms with Gasteiger partial charge in [-0.05, 0) is 12.1 Å². The van der Waals surface area contributed by atoms with E-state index in [-0.39, 0.29) is 12.3 Å². The van der Waals surface area contributed by atoms with Gasteiger partial charge in [0.05, 0.1) is 12.1 Å². The van der Waals surface area contributed by atoms with Gasteiger partial charge in [-0.25, -0.2) is 13.8 Å². The van der Waals surface area contributed by atoms with Gasteiger partial charge >= 0.3 is 5.97 Å². The number of benzene rings is 1. The summed E-state index contributed by atoms with van der Waals surface area (Å²) < 4.78 is 26.7. The molecule has 2 N–H and O–H groups in total. The zero-order valence-electron chi connectivity index (χ0n) is 11.5. The summed E-state index contributed by atoms with van der Waals surface area (Å²) in [6.45, 7) is 1.75. The Morgan fingerprint density at radius 3 is 2.52 bits per heavy atom. The third kappa shape index (κ3) is 3.55. The number of thiazole rings is 1. The standard InChI is InChI=1S/C14H14F2N2O2S/c1-7(3-11(19)20)13-12(18-14(17-2)21-13)8-4-9(15)6-10(16)5-8/h4-7H,3H2,1-2H3,(H,17,18)(H,19,20). The summed E-state index contributed by atoms with van der Waals surface area (Å²) >= 11 is 1.29. The van der Waals surface area contributed by atoms with Crippen LogP contribution >= 0.6 is 11.3 Å². The van der Waals surface area contributed by atoms with Crippen molar-refractivity contribution in [2.24, 2.45) is 0 Å². The van der Waals surface area contributed by atoms with Crippen LogP contribution in [-0.2, 0) is 4.79 Å². The van der Waals surface area contributed by atoms with E-state index in [9.17, 15) is 13.6 Å². The Morgan fingerprint density at radius 2 is 2.00 bits per heavy atom. The summed E-state index contributed by atoms with van der Waals surface area (Å²) in [6, 6.07) is 3.17. The molecule has 1 heterocycles. The van der Waals surface area contributed by atoms with Crippen molar-refractivity contribution in [2.45, 2.75) is 19.3 Å². The van der Waals surface area contributed by atoms with E-state index in [1.54, 1.807) is 14.0 Å². The number of carboxylic acids is 1. The fourth-order valence-electron chi connectivity index (χ4n) is 2.02. The largest absolute Gasteiger partial charge is 0.481 e. The van der Waals surface area contributed by atoms with Crippen LogP contribution in [0, 0.1) is 11.6 Å². The lowest BCUT2D eigenvalue weighted by Crippen LogP contribution is -2.02. The molecule has 0 spiro atoms. The molecule has 0 aliphatic carbocycles. The summed E-state index contributed by atoms with van der Waals surface area (Å²) in [6.07, 6.45) is -0.0733. The third-order valence-corrected chi connectivity index (χ3v) is 4.24. The molecule has 0 saturated heterocycles. The van der Waals surface area contributed by atoms with E-state index in [1.807, 2.05) is 0 Å². The Morgan fingerprint density at radius 1 is 1.38 bits per heavy atom. The maximum absolute atomic E-state index is 13.4. The molecule has 2 aromatic rings. The molecule has 0 bridgehead atoms. The number of anilines is 1. The predicted octanol–water partition coefficient (Wildman–Crippen LogP) is 3.71. The number of hydrogen-bond acceptors (Lipinski definition) is 4. The number of aliphatic carboxylic acids is 1. The summed E-state index contributed by atoms with van der Waals surface area (Å²) in [5, 5.41) is 12.3. The van der Waals surface area contributed by atoms with Crippen LogP contribution in [-0.4, -0.2) is 23.1 Å². The lowest BCUT2D eigenvalue weighted by Gasteiger charge is -2.09. The van der Waals surface area contributed by atoms with Gasteiger partial charge in [-0.1, -0.05) is 6.92 Å². The highest BCUT2D eigenvalue weighted by atomic mass is 32.1. The van der Waals surface area contributed by atoms with Crippen molar-refractivity contribution in [3.05, 3.63) is 34.7 Å². The van der Waals surface area contributed by atoms with Crippen LogP contribution in [0.5, 0.6) is 0 Å². The molecule has 1 aromatic carbocycles. The molecular formula is C14H14F2N2O2S. The lowest BCUT2D eigenvalue weighted by atomic mass is 10.0. The highest BCUT2D eigenvalue weighted by molar-refractivity contribution is 7.16. The average molecular weight is 312 g/mol. The molecule has 1 atom stereocenters. The van der Waals surface area contributed by atoms with Crippen LogP contribution in [0.15, 0.2) is 18.2 Å². The number of halogens is 2. The van der Waals surface area contributed by atoms with E-state index in [2.05, 4.69) is 10.3 Å². The first-order valence-corrected chi connectivity index (χ1v) is 7.09. The molecule has 112 valence electrons. The van der Waals surface area contributed by atoms with Gasteiger partial charge in [-0.3, -0.25) is 4.79 Å². The minimum atomic E-state index is -0.932. The number of carbonyl (C=O) groups is 1. The smallest absolute Gasteiger partial charge is 0.303 e. The maximum atomic E-state index is 13.4. The minimum Gasteiger partial charge on any atom is -0.481 e. The summed E-state index contributed by atoms with van der Waals surface area (Å²) in [4.78, 5) is 15.8. The SMILES string of the molecule is CNc1nc(-c2cc(F)cc(F)c2)c(C(C)CC(=O)O)s1. The van der Waals surface area contributed by atoms with E-state index in [0.29, 0.717) is 21.3 Å². The van der Waals surface area contributed by atoms with Crippen LogP contribution in [0.3, 0.4) is 0 Å². The summed E-state index contributed by atoms with van der Waals surface area (Å²) in [7, 11) is 1.68. The first-order valence-electron chi connectivity index (χ1n) is 6.27. The number of aromatic nitrogens is 1. The third-order valence-electron chi connectivity index (χ3n) is 2.93. The molecule has 0 radical (unpaired) electrons. The first kappa shape index (κ1) is 15.4. The molecule has 2 rings (SSSR count). The fraction of sp³-hybridized carbons (Fsp3) is 0.286. The number of nitrogens with zero attached hydrogens (tertiary/aromatic N) is 1. The molecule has 0 fully saturated rings. The van der Waals surface area contributed by atoms with Crippen molar-refractivity contribution in [1.29, 1.82) is 0 Å². The fourth-order valence-corrected chi connectivity index (χ4v) is 3.02. The lowest BCUT2D eigenvalue weighted by molar-refractivity contribution is -0.137. The van der Waals surface area contributed by atoms with Gasteiger partial charge in [0.1, 0.15) is 11.6 Å². The van der Waals surface area contributed by atoms with Crippen molar-refractivity contribution in [2.75, 3.05) is 12.4 Å². The number of hydrogen-bond donors (Lipinski definition) is 2. The Bertz CT molecular complexity index is 653. The van der Waals surface area contributed by atoms with E-state index in [4.69, 9.17) is 5.11 Å². The monoisotopic (exact) mass is 312 g/mol. The average Bonchev–Trinajstić information content (AvgIpc) is 2.81. The quantitative estimate of drug-likeness (QED) is 0.883. The Hall–Kier alpha value is -2.02. The van der Waals surface area contributed by atoms with Gasteiger partial charge in [0.25, 0.3) is 0 Å². The van der Waals surface area contributed by atoms with Crippen molar-refractivity contribution in [3.8, 4) is 11.3 Å². The van der Waals surface area contributed by atoms with Crippen molar-refractivity contribution < 1.29 is 18.7 Å². The van der Waals surface area contributed by atoms with Crippen LogP contribution in [0.4, 0.5) is 13.9 Å². The second-order valence-electron chi connectivity index (χ2n) is 4.64. The van der Waals surface area contributed by atoms with Gasteiger partial charge in [0.2, 0.25) is 0 Å².